The summed E-state index contributed by atoms with van der Waals surface area (Å²) in [6.45, 7) is 0.301. The molecule has 1 fully saturated rings. The molecule has 0 aliphatic carbocycles. The fraction of sp³-hybridized carbons (Fsp3) is 0.455. The van der Waals surface area contributed by atoms with Gasteiger partial charge in [-0.1, -0.05) is 0 Å². The Balaban J connectivity index is 2.30. The first-order valence-corrected chi connectivity index (χ1v) is 7.43. The van der Waals surface area contributed by atoms with Gasteiger partial charge in [0, 0.05) is 26.3 Å². The Kier molecular flexibility index (Phi) is 3.57. The third-order valence-electron chi connectivity index (χ3n) is 3.42. The summed E-state index contributed by atoms with van der Waals surface area (Å²) in [5, 5.41) is 0. The predicted octanol–water partition coefficient (Wildman–Crippen LogP) is -1.38. The van der Waals surface area contributed by atoms with Gasteiger partial charge < -0.3 is 16.0 Å². The molecule has 1 aromatic rings. The van der Waals surface area contributed by atoms with Crippen molar-refractivity contribution in [3.8, 4) is 0 Å². The highest BCUT2D eigenvalue weighted by Gasteiger charge is 2.35. The van der Waals surface area contributed by atoms with E-state index in [9.17, 15) is 18.0 Å². The Labute approximate surface area is 116 Å². The fourth-order valence-corrected chi connectivity index (χ4v) is 3.82. The largest absolute Gasteiger partial charge is 0.369 e. The van der Waals surface area contributed by atoms with Crippen molar-refractivity contribution in [2.24, 2.45) is 24.4 Å². The van der Waals surface area contributed by atoms with Gasteiger partial charge in [-0.15, -0.1) is 0 Å². The molecular formula is C11H16N4O4S. The molecule has 9 heteroatoms. The summed E-state index contributed by atoms with van der Waals surface area (Å²) in [7, 11) is -2.21. The number of aromatic nitrogens is 1. The van der Waals surface area contributed by atoms with E-state index in [4.69, 9.17) is 11.5 Å². The first-order chi connectivity index (χ1) is 9.23. The summed E-state index contributed by atoms with van der Waals surface area (Å²) in [6, 6.07) is 1.23. The van der Waals surface area contributed by atoms with Crippen molar-refractivity contribution in [1.82, 2.24) is 8.87 Å². The Morgan fingerprint density at radius 2 is 2.00 bits per heavy atom. The van der Waals surface area contributed by atoms with E-state index in [-0.39, 0.29) is 23.7 Å². The number of carbonyl (C=O) groups is 2. The van der Waals surface area contributed by atoms with E-state index >= 15 is 0 Å². The number of aryl methyl sites for hydroxylation is 1. The average Bonchev–Trinajstić information content (AvgIpc) is 2.94. The van der Waals surface area contributed by atoms with Crippen LogP contribution >= 0.6 is 0 Å². The maximum atomic E-state index is 12.4. The molecule has 0 unspecified atom stereocenters. The van der Waals surface area contributed by atoms with E-state index in [0.29, 0.717) is 6.42 Å². The van der Waals surface area contributed by atoms with E-state index in [2.05, 4.69) is 0 Å². The second-order valence-electron chi connectivity index (χ2n) is 4.79. The van der Waals surface area contributed by atoms with E-state index < -0.39 is 27.8 Å². The van der Waals surface area contributed by atoms with Gasteiger partial charge >= 0.3 is 0 Å². The molecule has 20 heavy (non-hydrogen) atoms. The molecule has 0 radical (unpaired) electrons. The van der Waals surface area contributed by atoms with E-state index in [0.717, 1.165) is 0 Å². The lowest BCUT2D eigenvalue weighted by atomic mass is 10.1. The minimum atomic E-state index is -3.74. The van der Waals surface area contributed by atoms with Crippen LogP contribution in [0.4, 0.5) is 0 Å². The standard InChI is InChI=1S/C11H16N4O4S/c1-14-6-8(4-9(14)11(13)17)20(18,19)15-3-2-7(5-15)10(12)16/h4,6-7H,2-3,5H2,1H3,(H2,12,16)(H2,13,17)/t7-/m1/s1. The highest BCUT2D eigenvalue weighted by atomic mass is 32.2. The summed E-state index contributed by atoms with van der Waals surface area (Å²) in [5.41, 5.74) is 10.4. The topological polar surface area (TPSA) is 128 Å². The van der Waals surface area contributed by atoms with E-state index in [1.165, 1.54) is 28.2 Å². The van der Waals surface area contributed by atoms with Gasteiger partial charge in [-0.25, -0.2) is 8.42 Å². The quantitative estimate of drug-likeness (QED) is 0.710. The molecule has 4 N–H and O–H groups in total. The van der Waals surface area contributed by atoms with Crippen molar-refractivity contribution in [3.05, 3.63) is 18.0 Å². The van der Waals surface area contributed by atoms with Gasteiger partial charge in [-0.05, 0) is 12.5 Å². The van der Waals surface area contributed by atoms with Crippen LogP contribution in [0, 0.1) is 5.92 Å². The highest BCUT2D eigenvalue weighted by molar-refractivity contribution is 7.89. The summed E-state index contributed by atoms with van der Waals surface area (Å²) in [5.74, 6) is -1.68. The molecule has 2 amide bonds. The van der Waals surface area contributed by atoms with Crippen LogP contribution in [0.2, 0.25) is 0 Å². The van der Waals surface area contributed by atoms with Gasteiger partial charge in [-0.3, -0.25) is 9.59 Å². The molecule has 1 aromatic heterocycles. The number of hydrogen-bond donors (Lipinski definition) is 2. The van der Waals surface area contributed by atoms with Gasteiger partial charge in [-0.2, -0.15) is 4.31 Å². The molecule has 1 saturated heterocycles. The first-order valence-electron chi connectivity index (χ1n) is 5.99. The van der Waals surface area contributed by atoms with Crippen LogP contribution < -0.4 is 11.5 Å². The van der Waals surface area contributed by atoms with Crippen LogP contribution in [0.5, 0.6) is 0 Å². The Bertz CT molecular complexity index is 664. The van der Waals surface area contributed by atoms with E-state index in [1.807, 2.05) is 0 Å². The van der Waals surface area contributed by atoms with Crippen molar-refractivity contribution in [3.63, 3.8) is 0 Å². The molecule has 0 aromatic carbocycles. The van der Waals surface area contributed by atoms with Crippen molar-refractivity contribution in [2.45, 2.75) is 11.3 Å². The zero-order chi connectivity index (χ0) is 15.1. The van der Waals surface area contributed by atoms with Crippen molar-refractivity contribution >= 4 is 21.8 Å². The lowest BCUT2D eigenvalue weighted by molar-refractivity contribution is -0.121. The zero-order valence-electron chi connectivity index (χ0n) is 10.9. The molecular weight excluding hydrogens is 284 g/mol. The van der Waals surface area contributed by atoms with Crippen LogP contribution in [-0.2, 0) is 21.9 Å². The summed E-state index contributed by atoms with van der Waals surface area (Å²) in [6.07, 6.45) is 1.73. The molecule has 0 spiro atoms. The van der Waals surface area contributed by atoms with Crippen LogP contribution in [0.3, 0.4) is 0 Å². The number of nitrogens with two attached hydrogens (primary N) is 2. The monoisotopic (exact) mass is 300 g/mol. The smallest absolute Gasteiger partial charge is 0.265 e. The summed E-state index contributed by atoms with van der Waals surface area (Å²) < 4.78 is 27.4. The van der Waals surface area contributed by atoms with Crippen LogP contribution in [0.1, 0.15) is 16.9 Å². The molecule has 8 nitrogen and oxygen atoms in total. The second kappa shape index (κ2) is 4.91. The highest BCUT2D eigenvalue weighted by Crippen LogP contribution is 2.25. The second-order valence-corrected chi connectivity index (χ2v) is 6.73. The molecule has 1 atom stereocenters. The third kappa shape index (κ3) is 2.41. The normalized spacial score (nSPS) is 20.1. The van der Waals surface area contributed by atoms with Gasteiger partial charge in [0.05, 0.1) is 5.92 Å². The van der Waals surface area contributed by atoms with Crippen LogP contribution in [-0.4, -0.2) is 42.2 Å². The molecule has 1 aliphatic heterocycles. The van der Waals surface area contributed by atoms with Gasteiger partial charge in [0.15, 0.2) is 0 Å². The average molecular weight is 300 g/mol. The Morgan fingerprint density at radius 1 is 1.35 bits per heavy atom. The molecule has 110 valence electrons. The van der Waals surface area contributed by atoms with Gasteiger partial charge in [0.1, 0.15) is 10.6 Å². The molecule has 2 rings (SSSR count). The number of hydrogen-bond acceptors (Lipinski definition) is 4. The summed E-state index contributed by atoms with van der Waals surface area (Å²) >= 11 is 0. The van der Waals surface area contributed by atoms with Crippen molar-refractivity contribution in [1.29, 1.82) is 0 Å². The fourth-order valence-electron chi connectivity index (χ4n) is 2.25. The first kappa shape index (κ1) is 14.5. The molecule has 1 aliphatic rings. The van der Waals surface area contributed by atoms with Gasteiger partial charge in [0.25, 0.3) is 5.91 Å². The van der Waals surface area contributed by atoms with Crippen LogP contribution in [0.25, 0.3) is 0 Å². The number of rotatable bonds is 4. The number of carbonyl (C=O) groups excluding carboxylic acids is 2. The minimum Gasteiger partial charge on any atom is -0.369 e. The maximum absolute atomic E-state index is 12.4. The molecule has 0 bridgehead atoms. The van der Waals surface area contributed by atoms with Crippen LogP contribution in [0.15, 0.2) is 17.2 Å². The molecule has 2 heterocycles. The zero-order valence-corrected chi connectivity index (χ0v) is 11.8. The molecule has 0 saturated carbocycles. The lowest BCUT2D eigenvalue weighted by Gasteiger charge is -2.14. The van der Waals surface area contributed by atoms with Crippen molar-refractivity contribution < 1.29 is 18.0 Å². The minimum absolute atomic E-state index is 0.0149. The maximum Gasteiger partial charge on any atom is 0.265 e. The van der Waals surface area contributed by atoms with Crippen molar-refractivity contribution in [2.75, 3.05) is 13.1 Å². The lowest BCUT2D eigenvalue weighted by Crippen LogP contribution is -2.31. The SMILES string of the molecule is Cn1cc(S(=O)(=O)N2CC[C@@H](C(N)=O)C2)cc1C(N)=O. The third-order valence-corrected chi connectivity index (χ3v) is 5.25. The Morgan fingerprint density at radius 3 is 2.45 bits per heavy atom. The summed E-state index contributed by atoms with van der Waals surface area (Å²) in [4.78, 5) is 22.2. The number of primary amides is 2. The number of sulfonamides is 1. The predicted molar refractivity (Wildman–Crippen MR) is 70.0 cm³/mol. The van der Waals surface area contributed by atoms with E-state index in [1.54, 1.807) is 0 Å². The number of nitrogens with zero attached hydrogens (tertiary/aromatic N) is 2. The van der Waals surface area contributed by atoms with Gasteiger partial charge in [0.2, 0.25) is 15.9 Å². The Hall–Kier alpha value is -1.87. The number of amides is 2.